The Hall–Kier alpha value is -2.89. The minimum absolute atomic E-state index is 0.168. The molecule has 1 amide bonds. The molecule has 1 atom stereocenters. The summed E-state index contributed by atoms with van der Waals surface area (Å²) >= 11 is 0. The number of aryl methyl sites for hydroxylation is 1. The molecule has 2 heterocycles. The molecule has 1 N–H and O–H groups in total. The fourth-order valence-electron chi connectivity index (χ4n) is 3.89. The average molecular weight is 378 g/mol. The highest BCUT2D eigenvalue weighted by Crippen LogP contribution is 2.24. The van der Waals surface area contributed by atoms with E-state index in [1.165, 1.54) is 29.7 Å². The molecule has 0 saturated heterocycles. The SMILES string of the molecule is C[C@@H](Cc1cc(C(=O)N(C)Cc2n[nH]c3c2CCCC3)on1)c1ccccc1. The van der Waals surface area contributed by atoms with Crippen molar-refractivity contribution in [3.8, 4) is 0 Å². The molecule has 2 aromatic heterocycles. The highest BCUT2D eigenvalue weighted by molar-refractivity contribution is 5.91. The van der Waals surface area contributed by atoms with Gasteiger partial charge in [-0.3, -0.25) is 9.89 Å². The summed E-state index contributed by atoms with van der Waals surface area (Å²) in [6.45, 7) is 2.62. The Morgan fingerprint density at radius 3 is 2.86 bits per heavy atom. The summed E-state index contributed by atoms with van der Waals surface area (Å²) in [7, 11) is 1.78. The molecule has 3 aromatic rings. The van der Waals surface area contributed by atoms with Gasteiger partial charge < -0.3 is 9.42 Å². The fraction of sp³-hybridized carbons (Fsp3) is 0.409. The van der Waals surface area contributed by atoms with Crippen molar-refractivity contribution < 1.29 is 9.32 Å². The first-order valence-electron chi connectivity index (χ1n) is 9.93. The standard InChI is InChI=1S/C22H26N4O2/c1-15(16-8-4-3-5-9-16)12-17-13-21(28-25-17)22(27)26(2)14-20-18-10-6-7-11-19(18)23-24-20/h3-5,8-9,13,15H,6-7,10-12,14H2,1-2H3,(H,23,24)/t15-/m0/s1. The molecule has 6 nitrogen and oxygen atoms in total. The smallest absolute Gasteiger partial charge is 0.292 e. The number of aromatic nitrogens is 3. The largest absolute Gasteiger partial charge is 0.351 e. The van der Waals surface area contributed by atoms with E-state index in [1.54, 1.807) is 18.0 Å². The molecular formula is C22H26N4O2. The summed E-state index contributed by atoms with van der Waals surface area (Å²) in [6, 6.07) is 12.1. The van der Waals surface area contributed by atoms with Crippen LogP contribution in [0.2, 0.25) is 0 Å². The van der Waals surface area contributed by atoms with Gasteiger partial charge in [-0.05, 0) is 49.1 Å². The van der Waals surface area contributed by atoms with Gasteiger partial charge in [0.05, 0.1) is 17.9 Å². The van der Waals surface area contributed by atoms with E-state index >= 15 is 0 Å². The molecule has 1 aromatic carbocycles. The highest BCUT2D eigenvalue weighted by Gasteiger charge is 2.22. The second-order valence-electron chi connectivity index (χ2n) is 7.69. The first-order valence-corrected chi connectivity index (χ1v) is 9.93. The maximum atomic E-state index is 12.8. The molecule has 1 aliphatic carbocycles. The second kappa shape index (κ2) is 8.00. The van der Waals surface area contributed by atoms with Crippen LogP contribution in [-0.2, 0) is 25.8 Å². The van der Waals surface area contributed by atoms with E-state index in [-0.39, 0.29) is 11.7 Å². The Kier molecular flexibility index (Phi) is 5.28. The second-order valence-corrected chi connectivity index (χ2v) is 7.69. The normalized spacial score (nSPS) is 14.5. The van der Waals surface area contributed by atoms with Crippen molar-refractivity contribution in [2.45, 2.75) is 51.5 Å². The maximum Gasteiger partial charge on any atom is 0.292 e. The maximum absolute atomic E-state index is 12.8. The molecule has 1 aliphatic rings. The van der Waals surface area contributed by atoms with Gasteiger partial charge in [-0.2, -0.15) is 5.10 Å². The van der Waals surface area contributed by atoms with Crippen molar-refractivity contribution in [1.29, 1.82) is 0 Å². The molecule has 6 heteroatoms. The quantitative estimate of drug-likeness (QED) is 0.706. The Labute approximate surface area is 164 Å². The van der Waals surface area contributed by atoms with Crippen LogP contribution in [-0.4, -0.2) is 33.2 Å². The summed E-state index contributed by atoms with van der Waals surface area (Å²) in [5.41, 5.74) is 5.51. The summed E-state index contributed by atoms with van der Waals surface area (Å²) < 4.78 is 5.35. The van der Waals surface area contributed by atoms with Crippen LogP contribution in [0.1, 0.15) is 64.4 Å². The van der Waals surface area contributed by atoms with E-state index < -0.39 is 0 Å². The van der Waals surface area contributed by atoms with E-state index in [0.29, 0.717) is 12.5 Å². The van der Waals surface area contributed by atoms with Gasteiger partial charge in [-0.15, -0.1) is 0 Å². The third-order valence-electron chi connectivity index (χ3n) is 5.53. The topological polar surface area (TPSA) is 75.0 Å². The Balaban J connectivity index is 1.40. The summed E-state index contributed by atoms with van der Waals surface area (Å²) in [5, 5.41) is 11.7. The predicted octanol–water partition coefficient (Wildman–Crippen LogP) is 3.89. The third-order valence-corrected chi connectivity index (χ3v) is 5.53. The van der Waals surface area contributed by atoms with Crippen molar-refractivity contribution in [2.75, 3.05) is 7.05 Å². The van der Waals surface area contributed by atoms with E-state index in [2.05, 4.69) is 34.4 Å². The Morgan fingerprint density at radius 2 is 2.04 bits per heavy atom. The van der Waals surface area contributed by atoms with Crippen LogP contribution in [0.25, 0.3) is 0 Å². The van der Waals surface area contributed by atoms with Crippen molar-refractivity contribution in [1.82, 2.24) is 20.3 Å². The third kappa shape index (κ3) is 3.86. The van der Waals surface area contributed by atoms with Crippen molar-refractivity contribution in [3.05, 3.63) is 70.4 Å². The highest BCUT2D eigenvalue weighted by atomic mass is 16.5. The van der Waals surface area contributed by atoms with Gasteiger partial charge in [0.2, 0.25) is 5.76 Å². The number of carbonyl (C=O) groups is 1. The Morgan fingerprint density at radius 1 is 1.25 bits per heavy atom. The lowest BCUT2D eigenvalue weighted by Crippen LogP contribution is -2.26. The zero-order chi connectivity index (χ0) is 19.5. The number of H-pyrrole nitrogens is 1. The number of hydrogen-bond acceptors (Lipinski definition) is 4. The predicted molar refractivity (Wildman–Crippen MR) is 106 cm³/mol. The number of nitrogens with zero attached hydrogens (tertiary/aromatic N) is 3. The van der Waals surface area contributed by atoms with Gasteiger partial charge in [0.15, 0.2) is 0 Å². The average Bonchev–Trinajstić information content (AvgIpc) is 3.35. The Bertz CT molecular complexity index is 945. The number of benzene rings is 1. The van der Waals surface area contributed by atoms with Crippen LogP contribution < -0.4 is 0 Å². The molecule has 28 heavy (non-hydrogen) atoms. The van der Waals surface area contributed by atoms with Gasteiger partial charge in [-0.25, -0.2) is 0 Å². The van der Waals surface area contributed by atoms with Crippen LogP contribution in [0.5, 0.6) is 0 Å². The number of amides is 1. The lowest BCUT2D eigenvalue weighted by atomic mass is 9.96. The van der Waals surface area contributed by atoms with Crippen molar-refractivity contribution in [2.24, 2.45) is 0 Å². The van der Waals surface area contributed by atoms with Gasteiger partial charge in [0.25, 0.3) is 5.91 Å². The van der Waals surface area contributed by atoms with Crippen LogP contribution in [0.15, 0.2) is 40.9 Å². The lowest BCUT2D eigenvalue weighted by Gasteiger charge is -2.16. The van der Waals surface area contributed by atoms with Gasteiger partial charge in [-0.1, -0.05) is 42.4 Å². The summed E-state index contributed by atoms with van der Waals surface area (Å²) in [4.78, 5) is 14.4. The van der Waals surface area contributed by atoms with Gasteiger partial charge >= 0.3 is 0 Å². The first-order chi connectivity index (χ1) is 13.6. The summed E-state index contributed by atoms with van der Waals surface area (Å²) in [6.07, 6.45) is 5.20. The van der Waals surface area contributed by atoms with Crippen molar-refractivity contribution in [3.63, 3.8) is 0 Å². The number of carbonyl (C=O) groups excluding carboxylic acids is 1. The molecular weight excluding hydrogens is 352 g/mol. The van der Waals surface area contributed by atoms with Crippen LogP contribution >= 0.6 is 0 Å². The summed E-state index contributed by atoms with van der Waals surface area (Å²) in [5.74, 6) is 0.420. The zero-order valence-corrected chi connectivity index (χ0v) is 16.4. The molecule has 0 saturated carbocycles. The lowest BCUT2D eigenvalue weighted by molar-refractivity contribution is 0.0741. The van der Waals surface area contributed by atoms with Crippen LogP contribution in [0.3, 0.4) is 0 Å². The van der Waals surface area contributed by atoms with Crippen molar-refractivity contribution >= 4 is 5.91 Å². The van der Waals surface area contributed by atoms with Crippen LogP contribution in [0, 0.1) is 0 Å². The number of hydrogen-bond donors (Lipinski definition) is 1. The van der Waals surface area contributed by atoms with E-state index in [9.17, 15) is 4.79 Å². The minimum Gasteiger partial charge on any atom is -0.351 e. The number of fused-ring (bicyclic) bond motifs is 1. The molecule has 0 unspecified atom stereocenters. The molecule has 4 rings (SSSR count). The molecule has 0 fully saturated rings. The van der Waals surface area contributed by atoms with E-state index in [0.717, 1.165) is 30.7 Å². The van der Waals surface area contributed by atoms with Gasteiger partial charge in [0.1, 0.15) is 0 Å². The fourth-order valence-corrected chi connectivity index (χ4v) is 3.89. The molecule has 0 radical (unpaired) electrons. The molecule has 0 spiro atoms. The van der Waals surface area contributed by atoms with E-state index in [1.807, 2.05) is 18.2 Å². The first kappa shape index (κ1) is 18.5. The monoisotopic (exact) mass is 378 g/mol. The minimum atomic E-state index is -0.168. The number of aromatic amines is 1. The molecule has 0 bridgehead atoms. The number of rotatable bonds is 6. The zero-order valence-electron chi connectivity index (χ0n) is 16.4. The van der Waals surface area contributed by atoms with Crippen LogP contribution in [0.4, 0.5) is 0 Å². The van der Waals surface area contributed by atoms with Gasteiger partial charge in [0, 0.05) is 18.8 Å². The molecule has 146 valence electrons. The van der Waals surface area contributed by atoms with E-state index in [4.69, 9.17) is 4.52 Å². The number of nitrogens with one attached hydrogen (secondary N) is 1. The molecule has 0 aliphatic heterocycles.